The number of carbonyl (C=O) groups is 4. The lowest BCUT2D eigenvalue weighted by Crippen LogP contribution is -2.47. The Balaban J connectivity index is 1.51. The number of carbonyl (C=O) groups excluding carboxylic acids is 4. The molecule has 3 aromatic carbocycles. The van der Waals surface area contributed by atoms with Crippen molar-refractivity contribution in [1.82, 2.24) is 4.90 Å². The number of benzene rings is 3. The molecular formula is C27H23BrN2O5. The van der Waals surface area contributed by atoms with Crippen LogP contribution in [0.5, 0.6) is 0 Å². The Hall–Kier alpha value is -3.78. The molecule has 7 nitrogen and oxygen atoms in total. The fraction of sp³-hybridized carbons (Fsp3) is 0.185. The van der Waals surface area contributed by atoms with Crippen LogP contribution in [-0.4, -0.2) is 41.2 Å². The highest BCUT2D eigenvalue weighted by molar-refractivity contribution is 9.10. The molecule has 0 saturated heterocycles. The van der Waals surface area contributed by atoms with Gasteiger partial charge in [0.15, 0.2) is 6.61 Å². The van der Waals surface area contributed by atoms with Crippen LogP contribution in [0.2, 0.25) is 0 Å². The van der Waals surface area contributed by atoms with Crippen LogP contribution in [0.4, 0.5) is 5.69 Å². The quantitative estimate of drug-likeness (QED) is 0.341. The van der Waals surface area contributed by atoms with Gasteiger partial charge in [-0.05, 0) is 47.9 Å². The van der Waals surface area contributed by atoms with Gasteiger partial charge in [0.05, 0.1) is 11.1 Å². The molecule has 0 bridgehead atoms. The number of hydrogen-bond donors (Lipinski definition) is 1. The molecule has 0 unspecified atom stereocenters. The average Bonchev–Trinajstić information content (AvgIpc) is 3.12. The summed E-state index contributed by atoms with van der Waals surface area (Å²) in [5, 5.41) is 2.75. The van der Waals surface area contributed by atoms with Crippen LogP contribution in [0.3, 0.4) is 0 Å². The van der Waals surface area contributed by atoms with Crippen molar-refractivity contribution in [2.24, 2.45) is 0 Å². The van der Waals surface area contributed by atoms with Gasteiger partial charge >= 0.3 is 5.97 Å². The van der Waals surface area contributed by atoms with Crippen LogP contribution >= 0.6 is 15.9 Å². The van der Waals surface area contributed by atoms with Gasteiger partial charge in [0.25, 0.3) is 17.7 Å². The minimum absolute atomic E-state index is 0.0689. The molecule has 1 heterocycles. The molecule has 3 amide bonds. The Bertz CT molecular complexity index is 1260. The molecule has 1 atom stereocenters. The molecule has 3 aromatic rings. The fourth-order valence-electron chi connectivity index (χ4n) is 4.00. The third-order valence-electron chi connectivity index (χ3n) is 5.75. The van der Waals surface area contributed by atoms with Crippen molar-refractivity contribution in [2.75, 3.05) is 11.9 Å². The number of hydrogen-bond acceptors (Lipinski definition) is 5. The minimum atomic E-state index is -1.21. The molecular weight excluding hydrogens is 512 g/mol. The third-order valence-corrected chi connectivity index (χ3v) is 6.24. The normalized spacial score (nSPS) is 13.4. The molecule has 0 spiro atoms. The van der Waals surface area contributed by atoms with Crippen molar-refractivity contribution >= 4 is 45.3 Å². The first-order chi connectivity index (χ1) is 16.9. The molecule has 1 N–H and O–H groups in total. The van der Waals surface area contributed by atoms with Crippen molar-refractivity contribution in [3.8, 4) is 0 Å². The predicted molar refractivity (Wildman–Crippen MR) is 134 cm³/mol. The highest BCUT2D eigenvalue weighted by atomic mass is 79.9. The van der Waals surface area contributed by atoms with Gasteiger partial charge in [-0.1, -0.05) is 65.3 Å². The zero-order valence-electron chi connectivity index (χ0n) is 19.0. The second-order valence-corrected chi connectivity index (χ2v) is 8.96. The fourth-order valence-corrected chi connectivity index (χ4v) is 4.41. The van der Waals surface area contributed by atoms with Gasteiger partial charge in [-0.3, -0.25) is 19.3 Å². The SMILES string of the molecule is CCc1cc(Br)ccc1NC(=O)COC(=O)[C@H](Cc1ccccc1)N1C(=O)c2ccccc2C1=O. The van der Waals surface area contributed by atoms with Crippen LogP contribution in [0, 0.1) is 0 Å². The Kier molecular flexibility index (Phi) is 7.41. The number of esters is 1. The van der Waals surface area contributed by atoms with Gasteiger partial charge in [-0.25, -0.2) is 4.79 Å². The van der Waals surface area contributed by atoms with Crippen LogP contribution < -0.4 is 5.32 Å². The maximum Gasteiger partial charge on any atom is 0.330 e. The second kappa shape index (κ2) is 10.7. The summed E-state index contributed by atoms with van der Waals surface area (Å²) < 4.78 is 6.20. The molecule has 0 saturated carbocycles. The molecule has 0 radical (unpaired) electrons. The highest BCUT2D eigenvalue weighted by Gasteiger charge is 2.43. The molecule has 4 rings (SSSR count). The van der Waals surface area contributed by atoms with E-state index in [4.69, 9.17) is 4.74 Å². The Labute approximate surface area is 211 Å². The number of anilines is 1. The summed E-state index contributed by atoms with van der Waals surface area (Å²) in [6.07, 6.45) is 0.771. The third kappa shape index (κ3) is 5.33. The van der Waals surface area contributed by atoms with E-state index in [0.29, 0.717) is 12.1 Å². The number of nitrogens with zero attached hydrogens (tertiary/aromatic N) is 1. The van der Waals surface area contributed by atoms with Gasteiger partial charge in [0, 0.05) is 16.6 Å². The number of rotatable bonds is 8. The average molecular weight is 535 g/mol. The molecule has 178 valence electrons. The van der Waals surface area contributed by atoms with E-state index < -0.39 is 36.3 Å². The van der Waals surface area contributed by atoms with E-state index in [2.05, 4.69) is 21.2 Å². The first-order valence-electron chi connectivity index (χ1n) is 11.1. The Morgan fingerprint density at radius 2 is 1.57 bits per heavy atom. The molecule has 0 aliphatic carbocycles. The smallest absolute Gasteiger partial charge is 0.330 e. The van der Waals surface area contributed by atoms with Crippen molar-refractivity contribution in [3.63, 3.8) is 0 Å². The van der Waals surface area contributed by atoms with Gasteiger partial charge in [-0.2, -0.15) is 0 Å². The van der Waals surface area contributed by atoms with Gasteiger partial charge in [0.1, 0.15) is 6.04 Å². The van der Waals surface area contributed by atoms with Gasteiger partial charge in [-0.15, -0.1) is 0 Å². The molecule has 35 heavy (non-hydrogen) atoms. The Morgan fingerprint density at radius 3 is 2.20 bits per heavy atom. The topological polar surface area (TPSA) is 92.8 Å². The van der Waals surface area contributed by atoms with Crippen molar-refractivity contribution in [1.29, 1.82) is 0 Å². The summed E-state index contributed by atoms with van der Waals surface area (Å²) in [5.74, 6) is -2.47. The van der Waals surface area contributed by atoms with Crippen LogP contribution in [0.15, 0.2) is 77.3 Å². The minimum Gasteiger partial charge on any atom is -0.454 e. The van der Waals surface area contributed by atoms with Gasteiger partial charge < -0.3 is 10.1 Å². The molecule has 0 fully saturated rings. The number of halogens is 1. The van der Waals surface area contributed by atoms with Crippen LogP contribution in [0.1, 0.15) is 38.8 Å². The van der Waals surface area contributed by atoms with Gasteiger partial charge in [0.2, 0.25) is 0 Å². The lowest BCUT2D eigenvalue weighted by Gasteiger charge is -2.24. The molecule has 1 aliphatic heterocycles. The summed E-state index contributed by atoms with van der Waals surface area (Å²) in [6.45, 7) is 1.42. The lowest BCUT2D eigenvalue weighted by molar-refractivity contribution is -0.151. The first kappa shape index (κ1) is 24.3. The van der Waals surface area contributed by atoms with E-state index in [1.54, 1.807) is 60.7 Å². The molecule has 1 aliphatic rings. The van der Waals surface area contributed by atoms with E-state index in [9.17, 15) is 19.2 Å². The van der Waals surface area contributed by atoms with Crippen LogP contribution in [0.25, 0.3) is 0 Å². The number of amides is 3. The zero-order chi connectivity index (χ0) is 24.9. The zero-order valence-corrected chi connectivity index (χ0v) is 20.6. The summed E-state index contributed by atoms with van der Waals surface area (Å²) in [5.41, 5.74) is 2.77. The maximum absolute atomic E-state index is 13.1. The number of ether oxygens (including phenoxy) is 1. The number of nitrogens with one attached hydrogen (secondary N) is 1. The van der Waals surface area contributed by atoms with E-state index in [1.807, 2.05) is 19.1 Å². The largest absolute Gasteiger partial charge is 0.454 e. The van der Waals surface area contributed by atoms with E-state index in [1.165, 1.54) is 0 Å². The highest BCUT2D eigenvalue weighted by Crippen LogP contribution is 2.27. The number of aryl methyl sites for hydroxylation is 1. The van der Waals surface area contributed by atoms with Crippen molar-refractivity contribution in [3.05, 3.63) is 99.5 Å². The van der Waals surface area contributed by atoms with E-state index >= 15 is 0 Å². The maximum atomic E-state index is 13.1. The summed E-state index contributed by atoms with van der Waals surface area (Å²) >= 11 is 3.41. The molecule has 0 aromatic heterocycles. The monoisotopic (exact) mass is 534 g/mol. The van der Waals surface area contributed by atoms with E-state index in [0.717, 1.165) is 20.5 Å². The summed E-state index contributed by atoms with van der Waals surface area (Å²) in [7, 11) is 0. The number of imide groups is 1. The summed E-state index contributed by atoms with van der Waals surface area (Å²) in [4.78, 5) is 52.7. The standard InChI is InChI=1S/C27H23BrN2O5/c1-2-18-15-19(28)12-13-22(18)29-24(31)16-35-27(34)23(14-17-8-4-3-5-9-17)30-25(32)20-10-6-7-11-21(20)26(30)33/h3-13,15,23H,2,14,16H2,1H3,(H,29,31)/t23-/m0/s1. The molecule has 8 heteroatoms. The number of fused-ring (bicyclic) bond motifs is 1. The summed E-state index contributed by atoms with van der Waals surface area (Å²) in [6, 6.07) is 19.7. The van der Waals surface area contributed by atoms with E-state index in [-0.39, 0.29) is 17.5 Å². The second-order valence-electron chi connectivity index (χ2n) is 8.04. The lowest BCUT2D eigenvalue weighted by atomic mass is 10.0. The predicted octanol–water partition coefficient (Wildman–Crippen LogP) is 4.40. The van der Waals surface area contributed by atoms with Crippen molar-refractivity contribution in [2.45, 2.75) is 25.8 Å². The first-order valence-corrected chi connectivity index (χ1v) is 11.9. The Morgan fingerprint density at radius 1 is 0.943 bits per heavy atom. The van der Waals surface area contributed by atoms with Crippen molar-refractivity contribution < 1.29 is 23.9 Å². The van der Waals surface area contributed by atoms with Crippen LogP contribution in [-0.2, 0) is 27.2 Å².